The molecule has 0 spiro atoms. The average Bonchev–Trinajstić information content (AvgIpc) is 3.05. The molecule has 2 aliphatic carbocycles. The van der Waals surface area contributed by atoms with E-state index in [0.717, 1.165) is 32.0 Å². The third kappa shape index (κ3) is 3.57. The van der Waals surface area contributed by atoms with Crippen molar-refractivity contribution in [3.05, 3.63) is 11.6 Å². The van der Waals surface area contributed by atoms with Crippen molar-refractivity contribution in [3.8, 4) is 0 Å². The van der Waals surface area contributed by atoms with Gasteiger partial charge in [0.15, 0.2) is 6.29 Å². The Balaban J connectivity index is 1.69. The molecule has 1 N–H and O–H groups in total. The van der Waals surface area contributed by atoms with Crippen LogP contribution in [0, 0.1) is 28.6 Å². The van der Waals surface area contributed by atoms with E-state index in [4.69, 9.17) is 9.47 Å². The average molecular weight is 351 g/mol. The van der Waals surface area contributed by atoms with Gasteiger partial charge in [-0.3, -0.25) is 0 Å². The van der Waals surface area contributed by atoms with Gasteiger partial charge in [-0.25, -0.2) is 0 Å². The highest BCUT2D eigenvalue weighted by Crippen LogP contribution is 2.62. The highest BCUT2D eigenvalue weighted by molar-refractivity contribution is 5.22. The molecule has 3 rings (SSSR count). The van der Waals surface area contributed by atoms with E-state index in [1.54, 1.807) is 0 Å². The zero-order chi connectivity index (χ0) is 18.1. The summed E-state index contributed by atoms with van der Waals surface area (Å²) in [6.45, 7) is 11.3. The molecule has 0 radical (unpaired) electrons. The molecule has 3 aliphatic rings. The number of allylic oxidation sites excluding steroid dienone is 1. The van der Waals surface area contributed by atoms with Crippen LogP contribution in [0.1, 0.15) is 72.6 Å². The lowest BCUT2D eigenvalue weighted by Gasteiger charge is -2.58. The van der Waals surface area contributed by atoms with Gasteiger partial charge in [-0.05, 0) is 79.6 Å². The van der Waals surface area contributed by atoms with Gasteiger partial charge in [0.05, 0.1) is 13.2 Å². The van der Waals surface area contributed by atoms with Gasteiger partial charge in [-0.1, -0.05) is 26.8 Å². The van der Waals surface area contributed by atoms with Crippen LogP contribution in [-0.4, -0.2) is 31.2 Å². The molecule has 3 nitrogen and oxygen atoms in total. The number of rotatable bonds is 6. The number of fused-ring (bicyclic) bond motifs is 1. The SMILES string of the molecule is CCO[C@H]1C[C@H](CC[C@@]2(C)[C@H](C)CC[C@@]3(C)C(CO)=CCC[C@H]23)CO1. The van der Waals surface area contributed by atoms with Crippen LogP contribution in [0.3, 0.4) is 0 Å². The van der Waals surface area contributed by atoms with Crippen molar-refractivity contribution < 1.29 is 14.6 Å². The van der Waals surface area contributed by atoms with E-state index in [0.29, 0.717) is 17.3 Å². The highest BCUT2D eigenvalue weighted by atomic mass is 16.7. The largest absolute Gasteiger partial charge is 0.392 e. The lowest BCUT2D eigenvalue weighted by molar-refractivity contribution is -0.106. The summed E-state index contributed by atoms with van der Waals surface area (Å²) in [6, 6.07) is 0. The van der Waals surface area contributed by atoms with E-state index in [1.807, 2.05) is 6.92 Å². The summed E-state index contributed by atoms with van der Waals surface area (Å²) >= 11 is 0. The van der Waals surface area contributed by atoms with Crippen molar-refractivity contribution in [2.45, 2.75) is 78.9 Å². The van der Waals surface area contributed by atoms with Crippen LogP contribution in [0.25, 0.3) is 0 Å². The van der Waals surface area contributed by atoms with Crippen LogP contribution in [0.5, 0.6) is 0 Å². The minimum absolute atomic E-state index is 0.0236. The van der Waals surface area contributed by atoms with E-state index >= 15 is 0 Å². The Morgan fingerprint density at radius 2 is 2.12 bits per heavy atom. The predicted octanol–water partition coefficient (Wildman–Crippen LogP) is 4.94. The Morgan fingerprint density at radius 1 is 1.32 bits per heavy atom. The van der Waals surface area contributed by atoms with Crippen molar-refractivity contribution in [2.75, 3.05) is 19.8 Å². The molecule has 2 fully saturated rings. The van der Waals surface area contributed by atoms with E-state index in [9.17, 15) is 5.11 Å². The molecule has 0 aromatic carbocycles. The lowest BCUT2D eigenvalue weighted by atomic mass is 9.46. The summed E-state index contributed by atoms with van der Waals surface area (Å²) in [7, 11) is 0. The standard InChI is InChI=1S/C22H38O3/c1-5-24-20-13-17(15-25-20)10-12-21(3)16(2)9-11-22(4)18(14-23)7-6-8-19(21)22/h7,16-17,19-20,23H,5-6,8-15H2,1-4H3/t16-,17+,19-,20-,21+,22+/m1/s1. The maximum atomic E-state index is 9.91. The first kappa shape index (κ1) is 19.4. The maximum absolute atomic E-state index is 9.91. The zero-order valence-electron chi connectivity index (χ0n) is 16.7. The van der Waals surface area contributed by atoms with E-state index in [-0.39, 0.29) is 18.3 Å². The normalized spacial score (nSPS) is 44.4. The van der Waals surface area contributed by atoms with Gasteiger partial charge in [0.2, 0.25) is 0 Å². The van der Waals surface area contributed by atoms with E-state index in [1.165, 1.54) is 37.7 Å². The molecule has 0 bridgehead atoms. The van der Waals surface area contributed by atoms with Crippen molar-refractivity contribution >= 4 is 0 Å². The summed E-state index contributed by atoms with van der Waals surface area (Å²) in [5.74, 6) is 2.10. The minimum Gasteiger partial charge on any atom is -0.392 e. The number of ether oxygens (including phenoxy) is 2. The molecule has 0 amide bonds. The fourth-order valence-electron chi connectivity index (χ4n) is 6.12. The minimum atomic E-state index is 0.0236. The Morgan fingerprint density at radius 3 is 2.84 bits per heavy atom. The van der Waals surface area contributed by atoms with Crippen LogP contribution in [0.15, 0.2) is 11.6 Å². The van der Waals surface area contributed by atoms with Crippen LogP contribution < -0.4 is 0 Å². The van der Waals surface area contributed by atoms with Crippen LogP contribution in [-0.2, 0) is 9.47 Å². The Hall–Kier alpha value is -0.380. The van der Waals surface area contributed by atoms with Crippen LogP contribution in [0.2, 0.25) is 0 Å². The molecule has 1 saturated carbocycles. The van der Waals surface area contributed by atoms with Gasteiger partial charge in [0.25, 0.3) is 0 Å². The van der Waals surface area contributed by atoms with Gasteiger partial charge < -0.3 is 14.6 Å². The zero-order valence-corrected chi connectivity index (χ0v) is 16.7. The second-order valence-corrected chi connectivity index (χ2v) is 9.24. The molecular weight excluding hydrogens is 312 g/mol. The molecule has 144 valence electrons. The fraction of sp³-hybridized carbons (Fsp3) is 0.909. The van der Waals surface area contributed by atoms with Crippen molar-refractivity contribution in [3.63, 3.8) is 0 Å². The van der Waals surface area contributed by atoms with Gasteiger partial charge >= 0.3 is 0 Å². The van der Waals surface area contributed by atoms with Crippen molar-refractivity contribution in [2.24, 2.45) is 28.6 Å². The molecule has 3 heteroatoms. The molecule has 0 aromatic heterocycles. The monoisotopic (exact) mass is 350 g/mol. The van der Waals surface area contributed by atoms with Crippen molar-refractivity contribution in [1.82, 2.24) is 0 Å². The molecule has 0 aromatic rings. The molecule has 1 saturated heterocycles. The summed E-state index contributed by atoms with van der Waals surface area (Å²) < 4.78 is 11.4. The summed E-state index contributed by atoms with van der Waals surface area (Å²) in [4.78, 5) is 0. The van der Waals surface area contributed by atoms with Gasteiger partial charge in [0.1, 0.15) is 0 Å². The Labute approximate surface area is 154 Å². The predicted molar refractivity (Wildman–Crippen MR) is 101 cm³/mol. The number of hydrogen-bond acceptors (Lipinski definition) is 3. The lowest BCUT2D eigenvalue weighted by Crippen LogP contribution is -2.50. The van der Waals surface area contributed by atoms with Crippen LogP contribution >= 0.6 is 0 Å². The number of hydrogen-bond donors (Lipinski definition) is 1. The second kappa shape index (κ2) is 7.70. The first-order valence-corrected chi connectivity index (χ1v) is 10.5. The Bertz CT molecular complexity index is 488. The van der Waals surface area contributed by atoms with Gasteiger partial charge in [-0.2, -0.15) is 0 Å². The second-order valence-electron chi connectivity index (χ2n) is 9.24. The quantitative estimate of drug-likeness (QED) is 0.690. The topological polar surface area (TPSA) is 38.7 Å². The first-order valence-electron chi connectivity index (χ1n) is 10.5. The van der Waals surface area contributed by atoms with Crippen molar-refractivity contribution in [1.29, 1.82) is 0 Å². The smallest absolute Gasteiger partial charge is 0.157 e. The molecule has 6 atom stereocenters. The molecule has 1 aliphatic heterocycles. The molecule has 25 heavy (non-hydrogen) atoms. The third-order valence-electron chi connectivity index (χ3n) is 8.03. The fourth-order valence-corrected chi connectivity index (χ4v) is 6.12. The van der Waals surface area contributed by atoms with E-state index in [2.05, 4.69) is 26.8 Å². The summed E-state index contributed by atoms with van der Waals surface area (Å²) in [5, 5.41) is 9.91. The molecule has 0 unspecified atom stereocenters. The number of aliphatic hydroxyl groups is 1. The van der Waals surface area contributed by atoms with Gasteiger partial charge in [0, 0.05) is 13.0 Å². The van der Waals surface area contributed by atoms with Gasteiger partial charge in [-0.15, -0.1) is 0 Å². The van der Waals surface area contributed by atoms with Crippen LogP contribution in [0.4, 0.5) is 0 Å². The van der Waals surface area contributed by atoms with E-state index < -0.39 is 0 Å². The Kier molecular flexibility index (Phi) is 5.97. The first-order chi connectivity index (χ1) is 11.9. The number of aliphatic hydroxyl groups excluding tert-OH is 1. The molecule has 1 heterocycles. The summed E-state index contributed by atoms with van der Waals surface area (Å²) in [6.07, 6.45) is 10.9. The maximum Gasteiger partial charge on any atom is 0.157 e. The highest BCUT2D eigenvalue weighted by Gasteiger charge is 2.53. The third-order valence-corrected chi connectivity index (χ3v) is 8.03. The summed E-state index contributed by atoms with van der Waals surface area (Å²) in [5.41, 5.74) is 1.88. The molecular formula is C22H38O3.